The van der Waals surface area contributed by atoms with Crippen LogP contribution in [0.4, 0.5) is 0 Å². The monoisotopic (exact) mass is 237 g/mol. The number of nitrogens with two attached hydrogens (primary N) is 1. The maximum Gasteiger partial charge on any atom is 0.119 e. The van der Waals surface area contributed by atoms with E-state index < -0.39 is 0 Å². The summed E-state index contributed by atoms with van der Waals surface area (Å²) in [7, 11) is 0. The zero-order valence-electron chi connectivity index (χ0n) is 10.7. The molecular formula is C14H23NO2. The van der Waals surface area contributed by atoms with Crippen molar-refractivity contribution in [3.63, 3.8) is 0 Å². The number of benzene rings is 1. The van der Waals surface area contributed by atoms with E-state index in [1.54, 1.807) is 0 Å². The van der Waals surface area contributed by atoms with Crippen LogP contribution in [0.2, 0.25) is 0 Å². The van der Waals surface area contributed by atoms with Gasteiger partial charge in [0.05, 0.1) is 6.61 Å². The summed E-state index contributed by atoms with van der Waals surface area (Å²) in [5.74, 6) is 0.898. The van der Waals surface area contributed by atoms with E-state index in [9.17, 15) is 0 Å². The summed E-state index contributed by atoms with van der Waals surface area (Å²) in [4.78, 5) is 0. The maximum absolute atomic E-state index is 5.61. The number of rotatable bonds is 9. The first-order chi connectivity index (χ1) is 8.36. The van der Waals surface area contributed by atoms with Gasteiger partial charge in [0, 0.05) is 6.61 Å². The van der Waals surface area contributed by atoms with Crippen LogP contribution in [0.3, 0.4) is 0 Å². The largest absolute Gasteiger partial charge is 0.491 e. The standard InChI is InChI=1S/C14H23NO2/c1-2-3-9-16-10-11-17-14-6-4-5-13(12-14)7-8-15/h4-6,12H,2-3,7-11,15H2,1H3. The first kappa shape index (κ1) is 14.0. The quantitative estimate of drug-likeness (QED) is 0.671. The molecule has 0 atom stereocenters. The van der Waals surface area contributed by atoms with E-state index in [-0.39, 0.29) is 0 Å². The second-order valence-electron chi connectivity index (χ2n) is 4.00. The topological polar surface area (TPSA) is 44.5 Å². The van der Waals surface area contributed by atoms with Crippen LogP contribution in [0.25, 0.3) is 0 Å². The van der Waals surface area contributed by atoms with Gasteiger partial charge < -0.3 is 15.2 Å². The van der Waals surface area contributed by atoms with Crippen LogP contribution in [-0.4, -0.2) is 26.4 Å². The minimum Gasteiger partial charge on any atom is -0.491 e. The highest BCUT2D eigenvalue weighted by Gasteiger charge is 1.96. The summed E-state index contributed by atoms with van der Waals surface area (Å²) in [5.41, 5.74) is 6.74. The van der Waals surface area contributed by atoms with Crippen LogP contribution in [0.5, 0.6) is 5.75 Å². The molecule has 0 fully saturated rings. The third kappa shape index (κ3) is 6.29. The molecule has 2 N–H and O–H groups in total. The fraction of sp³-hybridized carbons (Fsp3) is 0.571. The van der Waals surface area contributed by atoms with E-state index in [0.29, 0.717) is 19.8 Å². The first-order valence-corrected chi connectivity index (χ1v) is 6.36. The van der Waals surface area contributed by atoms with Gasteiger partial charge in [-0.05, 0) is 37.1 Å². The highest BCUT2D eigenvalue weighted by Crippen LogP contribution is 2.13. The lowest BCUT2D eigenvalue weighted by atomic mass is 10.1. The molecule has 0 aliphatic rings. The van der Waals surface area contributed by atoms with Crippen LogP contribution < -0.4 is 10.5 Å². The average molecular weight is 237 g/mol. The Morgan fingerprint density at radius 3 is 2.82 bits per heavy atom. The molecule has 1 aromatic carbocycles. The third-order valence-corrected chi connectivity index (χ3v) is 2.47. The summed E-state index contributed by atoms with van der Waals surface area (Å²) in [5, 5.41) is 0. The van der Waals surface area contributed by atoms with Gasteiger partial charge in [-0.3, -0.25) is 0 Å². The van der Waals surface area contributed by atoms with Gasteiger partial charge in [-0.1, -0.05) is 25.5 Å². The van der Waals surface area contributed by atoms with Gasteiger partial charge in [-0.2, -0.15) is 0 Å². The number of hydrogen-bond acceptors (Lipinski definition) is 3. The SMILES string of the molecule is CCCCOCCOc1cccc(CCN)c1. The van der Waals surface area contributed by atoms with Gasteiger partial charge >= 0.3 is 0 Å². The van der Waals surface area contributed by atoms with Crippen LogP contribution in [0, 0.1) is 0 Å². The molecule has 0 saturated carbocycles. The summed E-state index contributed by atoms with van der Waals surface area (Å²) in [6.07, 6.45) is 3.18. The van der Waals surface area contributed by atoms with Crippen molar-refractivity contribution in [1.29, 1.82) is 0 Å². The summed E-state index contributed by atoms with van der Waals surface area (Å²) in [6, 6.07) is 8.07. The molecule has 1 rings (SSSR count). The van der Waals surface area contributed by atoms with Crippen LogP contribution in [-0.2, 0) is 11.2 Å². The lowest BCUT2D eigenvalue weighted by Gasteiger charge is -2.08. The lowest BCUT2D eigenvalue weighted by molar-refractivity contribution is 0.0980. The van der Waals surface area contributed by atoms with Gasteiger partial charge in [0.15, 0.2) is 0 Å². The maximum atomic E-state index is 5.61. The Morgan fingerprint density at radius 2 is 2.06 bits per heavy atom. The Labute approximate surface area is 104 Å². The van der Waals surface area contributed by atoms with Gasteiger partial charge in [0.25, 0.3) is 0 Å². The van der Waals surface area contributed by atoms with Crippen molar-refractivity contribution in [3.05, 3.63) is 29.8 Å². The molecule has 1 aromatic rings. The Balaban J connectivity index is 2.19. The summed E-state index contributed by atoms with van der Waals surface area (Å²) in [6.45, 7) is 4.91. The molecule has 0 amide bonds. The molecule has 17 heavy (non-hydrogen) atoms. The highest BCUT2D eigenvalue weighted by atomic mass is 16.5. The van der Waals surface area contributed by atoms with Crippen molar-refractivity contribution >= 4 is 0 Å². The molecule has 0 aliphatic carbocycles. The van der Waals surface area contributed by atoms with Gasteiger partial charge in [0.2, 0.25) is 0 Å². The van der Waals surface area contributed by atoms with Crippen molar-refractivity contribution < 1.29 is 9.47 Å². The van der Waals surface area contributed by atoms with Crippen LogP contribution >= 0.6 is 0 Å². The molecule has 0 unspecified atom stereocenters. The molecule has 0 heterocycles. The highest BCUT2D eigenvalue weighted by molar-refractivity contribution is 5.28. The molecule has 3 heteroatoms. The molecule has 0 aromatic heterocycles. The Kier molecular flexibility index (Phi) is 7.43. The molecule has 3 nitrogen and oxygen atoms in total. The fourth-order valence-electron chi connectivity index (χ4n) is 1.52. The van der Waals surface area contributed by atoms with Crippen LogP contribution in [0.15, 0.2) is 24.3 Å². The van der Waals surface area contributed by atoms with E-state index in [1.807, 2.05) is 18.2 Å². The molecule has 0 radical (unpaired) electrons. The fourth-order valence-corrected chi connectivity index (χ4v) is 1.52. The smallest absolute Gasteiger partial charge is 0.119 e. The van der Waals surface area contributed by atoms with Crippen molar-refractivity contribution in [3.8, 4) is 5.75 Å². The van der Waals surface area contributed by atoms with Crippen molar-refractivity contribution in [2.75, 3.05) is 26.4 Å². The Bertz CT molecular complexity index is 302. The Morgan fingerprint density at radius 1 is 1.18 bits per heavy atom. The van der Waals surface area contributed by atoms with E-state index >= 15 is 0 Å². The van der Waals surface area contributed by atoms with Crippen molar-refractivity contribution in [2.45, 2.75) is 26.2 Å². The molecule has 0 saturated heterocycles. The first-order valence-electron chi connectivity index (χ1n) is 6.36. The predicted octanol–water partition coefficient (Wildman–Crippen LogP) is 2.38. The van der Waals surface area contributed by atoms with Crippen molar-refractivity contribution in [1.82, 2.24) is 0 Å². The predicted molar refractivity (Wildman–Crippen MR) is 70.4 cm³/mol. The summed E-state index contributed by atoms with van der Waals surface area (Å²) < 4.78 is 11.0. The van der Waals surface area contributed by atoms with Crippen molar-refractivity contribution in [2.24, 2.45) is 5.73 Å². The molecule has 0 aliphatic heterocycles. The second kappa shape index (κ2) is 9.02. The van der Waals surface area contributed by atoms with Crippen LogP contribution in [0.1, 0.15) is 25.3 Å². The second-order valence-corrected chi connectivity index (χ2v) is 4.00. The zero-order valence-corrected chi connectivity index (χ0v) is 10.7. The minimum atomic E-state index is 0.607. The molecular weight excluding hydrogens is 214 g/mol. The molecule has 0 bridgehead atoms. The molecule has 96 valence electrons. The third-order valence-electron chi connectivity index (χ3n) is 2.47. The summed E-state index contributed by atoms with van der Waals surface area (Å²) >= 11 is 0. The van der Waals surface area contributed by atoms with E-state index in [0.717, 1.165) is 25.2 Å². The van der Waals surface area contributed by atoms with E-state index in [1.165, 1.54) is 12.0 Å². The number of ether oxygens (including phenoxy) is 2. The minimum absolute atomic E-state index is 0.607. The van der Waals surface area contributed by atoms with Gasteiger partial charge in [0.1, 0.15) is 12.4 Å². The lowest BCUT2D eigenvalue weighted by Crippen LogP contribution is -2.08. The zero-order chi connectivity index (χ0) is 12.3. The Hall–Kier alpha value is -1.06. The van der Waals surface area contributed by atoms with Gasteiger partial charge in [-0.25, -0.2) is 0 Å². The number of hydrogen-bond donors (Lipinski definition) is 1. The normalized spacial score (nSPS) is 10.5. The average Bonchev–Trinajstić information content (AvgIpc) is 2.35. The molecule has 0 spiro atoms. The number of unbranched alkanes of at least 4 members (excludes halogenated alkanes) is 1. The van der Waals surface area contributed by atoms with Gasteiger partial charge in [-0.15, -0.1) is 0 Å². The van der Waals surface area contributed by atoms with E-state index in [2.05, 4.69) is 13.0 Å². The van der Waals surface area contributed by atoms with E-state index in [4.69, 9.17) is 15.2 Å².